The van der Waals surface area contributed by atoms with Crippen LogP contribution in [0.2, 0.25) is 0 Å². The van der Waals surface area contributed by atoms with E-state index in [9.17, 15) is 0 Å². The standard InChI is InChI=1S/C18H25N3O2/c1-12(2)18-20-14-9-16-17(23-8-7-22-16)10-15(14)21(18)11-13-3-5-19-6-4-13/h9-10,12-13,19H,3-8,11H2,1-2H3. The molecule has 0 bridgehead atoms. The van der Waals surface area contributed by atoms with Crippen LogP contribution < -0.4 is 14.8 Å². The fourth-order valence-corrected chi connectivity index (χ4v) is 3.64. The molecule has 0 spiro atoms. The minimum Gasteiger partial charge on any atom is -0.486 e. The molecule has 0 amide bonds. The van der Waals surface area contributed by atoms with Crippen LogP contribution in [0.15, 0.2) is 12.1 Å². The van der Waals surface area contributed by atoms with Gasteiger partial charge in [0.1, 0.15) is 19.0 Å². The average Bonchev–Trinajstić information content (AvgIpc) is 2.92. The minimum absolute atomic E-state index is 0.406. The molecular formula is C18H25N3O2. The number of aromatic nitrogens is 2. The van der Waals surface area contributed by atoms with E-state index < -0.39 is 0 Å². The van der Waals surface area contributed by atoms with Crippen LogP contribution in [-0.4, -0.2) is 35.9 Å². The van der Waals surface area contributed by atoms with E-state index in [2.05, 4.69) is 29.8 Å². The second-order valence-electron chi connectivity index (χ2n) is 6.91. The van der Waals surface area contributed by atoms with Gasteiger partial charge >= 0.3 is 0 Å². The molecule has 124 valence electrons. The number of ether oxygens (including phenoxy) is 2. The van der Waals surface area contributed by atoms with Crippen LogP contribution >= 0.6 is 0 Å². The minimum atomic E-state index is 0.406. The van der Waals surface area contributed by atoms with Crippen molar-refractivity contribution in [2.75, 3.05) is 26.3 Å². The van der Waals surface area contributed by atoms with E-state index >= 15 is 0 Å². The van der Waals surface area contributed by atoms with Gasteiger partial charge in [0.15, 0.2) is 11.5 Å². The third-order valence-corrected chi connectivity index (χ3v) is 4.86. The zero-order chi connectivity index (χ0) is 15.8. The van der Waals surface area contributed by atoms with Gasteiger partial charge in [0.2, 0.25) is 0 Å². The van der Waals surface area contributed by atoms with Crippen molar-refractivity contribution >= 4 is 11.0 Å². The fraction of sp³-hybridized carbons (Fsp3) is 0.611. The van der Waals surface area contributed by atoms with Gasteiger partial charge in [-0.05, 0) is 31.8 Å². The van der Waals surface area contributed by atoms with Crippen LogP contribution in [0, 0.1) is 5.92 Å². The van der Waals surface area contributed by atoms with Crippen molar-refractivity contribution in [3.05, 3.63) is 18.0 Å². The number of rotatable bonds is 3. The maximum atomic E-state index is 5.77. The Hall–Kier alpha value is -1.75. The second-order valence-corrected chi connectivity index (χ2v) is 6.91. The highest BCUT2D eigenvalue weighted by Gasteiger charge is 2.22. The Morgan fingerprint density at radius 1 is 1.17 bits per heavy atom. The van der Waals surface area contributed by atoms with E-state index in [1.807, 2.05) is 6.07 Å². The Morgan fingerprint density at radius 3 is 2.57 bits per heavy atom. The van der Waals surface area contributed by atoms with Gasteiger partial charge in [0.05, 0.1) is 11.0 Å². The lowest BCUT2D eigenvalue weighted by atomic mass is 9.98. The Labute approximate surface area is 137 Å². The Kier molecular flexibility index (Phi) is 3.89. The molecule has 0 unspecified atom stereocenters. The SMILES string of the molecule is CC(C)c1nc2cc3c(cc2n1CC1CCNCC1)OCCO3. The zero-order valence-corrected chi connectivity index (χ0v) is 14.0. The molecule has 2 aliphatic heterocycles. The summed E-state index contributed by atoms with van der Waals surface area (Å²) < 4.78 is 13.9. The molecule has 3 heterocycles. The first-order valence-electron chi connectivity index (χ1n) is 8.73. The van der Waals surface area contributed by atoms with Gasteiger partial charge in [-0.25, -0.2) is 4.98 Å². The zero-order valence-electron chi connectivity index (χ0n) is 14.0. The van der Waals surface area contributed by atoms with E-state index in [1.54, 1.807) is 0 Å². The molecule has 5 nitrogen and oxygen atoms in total. The lowest BCUT2D eigenvalue weighted by molar-refractivity contribution is 0.172. The number of imidazole rings is 1. The summed E-state index contributed by atoms with van der Waals surface area (Å²) in [4.78, 5) is 4.90. The number of hydrogen-bond acceptors (Lipinski definition) is 4. The first-order chi connectivity index (χ1) is 11.2. The lowest BCUT2D eigenvalue weighted by Crippen LogP contribution is -2.30. The number of piperidine rings is 1. The van der Waals surface area contributed by atoms with Crippen LogP contribution in [-0.2, 0) is 6.54 Å². The molecule has 1 fully saturated rings. The highest BCUT2D eigenvalue weighted by Crippen LogP contribution is 2.36. The maximum Gasteiger partial charge on any atom is 0.163 e. The lowest BCUT2D eigenvalue weighted by Gasteiger charge is -2.25. The van der Waals surface area contributed by atoms with Crippen LogP contribution in [0.4, 0.5) is 0 Å². The third kappa shape index (κ3) is 2.78. The monoisotopic (exact) mass is 315 g/mol. The van der Waals surface area contributed by atoms with Crippen LogP contribution in [0.3, 0.4) is 0 Å². The van der Waals surface area contributed by atoms with Crippen molar-refractivity contribution in [3.63, 3.8) is 0 Å². The molecule has 1 aromatic carbocycles. The summed E-state index contributed by atoms with van der Waals surface area (Å²) in [6.45, 7) is 8.97. The number of nitrogens with one attached hydrogen (secondary N) is 1. The molecule has 23 heavy (non-hydrogen) atoms. The van der Waals surface area contributed by atoms with Gasteiger partial charge < -0.3 is 19.4 Å². The van der Waals surface area contributed by atoms with E-state index in [4.69, 9.17) is 14.5 Å². The average molecular weight is 315 g/mol. The highest BCUT2D eigenvalue weighted by molar-refractivity contribution is 5.81. The van der Waals surface area contributed by atoms with Crippen molar-refractivity contribution in [1.29, 1.82) is 0 Å². The predicted octanol–water partition coefficient (Wildman–Crippen LogP) is 2.93. The number of hydrogen-bond donors (Lipinski definition) is 1. The van der Waals surface area contributed by atoms with Gasteiger partial charge in [-0.3, -0.25) is 0 Å². The summed E-state index contributed by atoms with van der Waals surface area (Å²) in [5.41, 5.74) is 2.20. The molecule has 0 atom stereocenters. The summed E-state index contributed by atoms with van der Waals surface area (Å²) in [5.74, 6) is 3.97. The summed E-state index contributed by atoms with van der Waals surface area (Å²) in [6.07, 6.45) is 2.48. The van der Waals surface area contributed by atoms with Crippen LogP contribution in [0.25, 0.3) is 11.0 Å². The van der Waals surface area contributed by atoms with Gasteiger partial charge in [-0.15, -0.1) is 0 Å². The van der Waals surface area contributed by atoms with Gasteiger partial charge in [-0.1, -0.05) is 13.8 Å². The van der Waals surface area contributed by atoms with E-state index in [1.165, 1.54) is 24.2 Å². The molecule has 2 aromatic rings. The summed E-state index contributed by atoms with van der Waals surface area (Å²) in [6, 6.07) is 4.15. The fourth-order valence-electron chi connectivity index (χ4n) is 3.64. The quantitative estimate of drug-likeness (QED) is 0.946. The molecule has 1 N–H and O–H groups in total. The number of fused-ring (bicyclic) bond motifs is 2. The third-order valence-electron chi connectivity index (χ3n) is 4.86. The Balaban J connectivity index is 1.77. The predicted molar refractivity (Wildman–Crippen MR) is 90.4 cm³/mol. The molecule has 1 saturated heterocycles. The molecule has 1 aromatic heterocycles. The highest BCUT2D eigenvalue weighted by atomic mass is 16.6. The summed E-state index contributed by atoms with van der Waals surface area (Å²) in [5, 5.41) is 3.45. The molecule has 5 heteroatoms. The van der Waals surface area contributed by atoms with Gasteiger partial charge in [-0.2, -0.15) is 0 Å². The smallest absolute Gasteiger partial charge is 0.163 e. The molecular weight excluding hydrogens is 290 g/mol. The molecule has 2 aliphatic rings. The topological polar surface area (TPSA) is 48.3 Å². The van der Waals surface area contributed by atoms with E-state index in [0.717, 1.165) is 42.6 Å². The van der Waals surface area contributed by atoms with Gasteiger partial charge in [0, 0.05) is 24.6 Å². The number of nitrogens with zero attached hydrogens (tertiary/aromatic N) is 2. The Bertz CT molecular complexity index is 702. The first-order valence-corrected chi connectivity index (χ1v) is 8.73. The van der Waals surface area contributed by atoms with Gasteiger partial charge in [0.25, 0.3) is 0 Å². The number of benzene rings is 1. The largest absolute Gasteiger partial charge is 0.486 e. The molecule has 0 radical (unpaired) electrons. The second kappa shape index (κ2) is 6.04. The van der Waals surface area contributed by atoms with E-state index in [-0.39, 0.29) is 0 Å². The van der Waals surface area contributed by atoms with E-state index in [0.29, 0.717) is 19.1 Å². The summed E-state index contributed by atoms with van der Waals surface area (Å²) in [7, 11) is 0. The Morgan fingerprint density at radius 2 is 1.87 bits per heavy atom. The summed E-state index contributed by atoms with van der Waals surface area (Å²) >= 11 is 0. The van der Waals surface area contributed by atoms with Crippen LogP contribution in [0.5, 0.6) is 11.5 Å². The van der Waals surface area contributed by atoms with Crippen molar-refractivity contribution in [2.45, 2.75) is 39.2 Å². The van der Waals surface area contributed by atoms with Crippen LogP contribution in [0.1, 0.15) is 38.4 Å². The van der Waals surface area contributed by atoms with Crippen molar-refractivity contribution in [2.24, 2.45) is 5.92 Å². The molecule has 0 saturated carbocycles. The van der Waals surface area contributed by atoms with Crippen molar-refractivity contribution in [1.82, 2.24) is 14.9 Å². The normalized spacial score (nSPS) is 18.7. The van der Waals surface area contributed by atoms with Crippen molar-refractivity contribution in [3.8, 4) is 11.5 Å². The maximum absolute atomic E-state index is 5.77. The molecule has 4 rings (SSSR count). The van der Waals surface area contributed by atoms with Crippen molar-refractivity contribution < 1.29 is 9.47 Å². The first kappa shape index (κ1) is 14.8. The molecule has 0 aliphatic carbocycles.